The van der Waals surface area contributed by atoms with Gasteiger partial charge in [0, 0.05) is 16.9 Å². The fraction of sp³-hybridized carbons (Fsp3) is 0.273. The zero-order valence-corrected chi connectivity index (χ0v) is 25.1. The summed E-state index contributed by atoms with van der Waals surface area (Å²) in [4.78, 5) is 0. The maximum absolute atomic E-state index is 7.40. The second-order valence-corrected chi connectivity index (χ2v) is 19.2. The van der Waals surface area contributed by atoms with Crippen LogP contribution in [0.5, 0.6) is 0 Å². The minimum atomic E-state index is -2.85. The van der Waals surface area contributed by atoms with Crippen molar-refractivity contribution in [3.05, 3.63) is 121 Å². The molecule has 4 aromatic carbocycles. The summed E-state index contributed by atoms with van der Waals surface area (Å²) in [6.45, 7) is 13.1. The Balaban J connectivity index is 2.09. The summed E-state index contributed by atoms with van der Waals surface area (Å²) in [7, 11) is -5.69. The Labute approximate surface area is 225 Å². The Morgan fingerprint density at radius 2 is 0.622 bits per heavy atom. The standard InChI is InChI=1S/C33H40O2Si2/c1-32(2,3)34-36(28-19-11-7-12-20-28,29-21-13-8-14-22-29)27-37(35-33(4,5)6,30-23-15-9-16-24-30)31-25-17-10-18-26-31/h7-26H,27H2,1-6H3. The lowest BCUT2D eigenvalue weighted by atomic mass is 10.2. The molecule has 0 spiro atoms. The van der Waals surface area contributed by atoms with Crippen molar-refractivity contribution in [3.63, 3.8) is 0 Å². The molecule has 0 saturated carbocycles. The normalized spacial score (nSPS) is 12.9. The lowest BCUT2D eigenvalue weighted by Gasteiger charge is -2.46. The zero-order valence-electron chi connectivity index (χ0n) is 23.1. The van der Waals surface area contributed by atoms with Gasteiger partial charge in [-0.2, -0.15) is 0 Å². The molecule has 0 aromatic heterocycles. The molecule has 2 nitrogen and oxygen atoms in total. The van der Waals surface area contributed by atoms with Crippen molar-refractivity contribution >= 4 is 37.4 Å². The lowest BCUT2D eigenvalue weighted by molar-refractivity contribution is 0.118. The summed E-state index contributed by atoms with van der Waals surface area (Å²) in [5.41, 5.74) is 0.150. The first kappa shape index (κ1) is 27.3. The van der Waals surface area contributed by atoms with Gasteiger partial charge in [-0.25, -0.2) is 0 Å². The molecule has 0 bridgehead atoms. The highest BCUT2D eigenvalue weighted by Gasteiger charge is 2.54. The average molecular weight is 525 g/mol. The van der Waals surface area contributed by atoms with Crippen LogP contribution in [-0.4, -0.2) is 27.8 Å². The zero-order chi connectivity index (χ0) is 26.6. The van der Waals surface area contributed by atoms with Gasteiger partial charge < -0.3 is 8.85 Å². The Hall–Kier alpha value is -2.77. The molecule has 0 aliphatic heterocycles. The van der Waals surface area contributed by atoms with Gasteiger partial charge in [-0.05, 0) is 62.3 Å². The van der Waals surface area contributed by atoms with Crippen molar-refractivity contribution in [2.24, 2.45) is 0 Å². The molecular formula is C33H40O2Si2. The van der Waals surface area contributed by atoms with Crippen LogP contribution in [0.4, 0.5) is 0 Å². The molecule has 4 aromatic rings. The third-order valence-corrected chi connectivity index (χ3v) is 17.4. The lowest BCUT2D eigenvalue weighted by Crippen LogP contribution is -2.74. The van der Waals surface area contributed by atoms with Crippen molar-refractivity contribution in [3.8, 4) is 0 Å². The van der Waals surface area contributed by atoms with E-state index in [2.05, 4.69) is 163 Å². The Morgan fingerprint density at radius 1 is 0.405 bits per heavy atom. The Morgan fingerprint density at radius 3 is 0.811 bits per heavy atom. The fourth-order valence-electron chi connectivity index (χ4n) is 5.27. The van der Waals surface area contributed by atoms with E-state index < -0.39 is 16.6 Å². The van der Waals surface area contributed by atoms with Crippen molar-refractivity contribution < 1.29 is 8.85 Å². The number of hydrogen-bond donors (Lipinski definition) is 0. The predicted octanol–water partition coefficient (Wildman–Crippen LogP) is 5.68. The molecule has 0 amide bonds. The molecule has 4 rings (SSSR count). The molecule has 0 saturated heterocycles. The molecule has 37 heavy (non-hydrogen) atoms. The summed E-state index contributed by atoms with van der Waals surface area (Å²) in [6.07, 6.45) is 0. The van der Waals surface area contributed by atoms with E-state index in [0.717, 1.165) is 5.67 Å². The van der Waals surface area contributed by atoms with Crippen LogP contribution in [-0.2, 0) is 8.85 Å². The highest BCUT2D eigenvalue weighted by atomic mass is 28.4. The van der Waals surface area contributed by atoms with Crippen molar-refractivity contribution in [2.45, 2.75) is 58.4 Å². The van der Waals surface area contributed by atoms with Gasteiger partial charge in [-0.3, -0.25) is 0 Å². The molecule has 4 heteroatoms. The monoisotopic (exact) mass is 524 g/mol. The average Bonchev–Trinajstić information content (AvgIpc) is 2.88. The molecule has 0 aliphatic rings. The fourth-order valence-corrected chi connectivity index (χ4v) is 18.1. The van der Waals surface area contributed by atoms with E-state index in [-0.39, 0.29) is 11.2 Å². The molecular weight excluding hydrogens is 485 g/mol. The van der Waals surface area contributed by atoms with Crippen LogP contribution in [0.3, 0.4) is 0 Å². The molecule has 0 aliphatic carbocycles. The topological polar surface area (TPSA) is 18.5 Å². The highest BCUT2D eigenvalue weighted by molar-refractivity contribution is 7.13. The first-order chi connectivity index (χ1) is 17.5. The molecule has 0 heterocycles. The smallest absolute Gasteiger partial charge is 0.256 e. The predicted molar refractivity (Wildman–Crippen MR) is 162 cm³/mol. The van der Waals surface area contributed by atoms with Crippen LogP contribution in [0.15, 0.2) is 121 Å². The van der Waals surface area contributed by atoms with Crippen LogP contribution in [0.2, 0.25) is 5.67 Å². The van der Waals surface area contributed by atoms with Gasteiger partial charge in [0.05, 0.1) is 0 Å². The maximum atomic E-state index is 7.40. The minimum absolute atomic E-state index is 0.340. The number of benzene rings is 4. The van der Waals surface area contributed by atoms with E-state index in [1.165, 1.54) is 20.7 Å². The van der Waals surface area contributed by atoms with Crippen LogP contribution >= 0.6 is 0 Å². The van der Waals surface area contributed by atoms with Gasteiger partial charge in [-0.15, -0.1) is 0 Å². The van der Waals surface area contributed by atoms with E-state index in [4.69, 9.17) is 8.85 Å². The molecule has 0 radical (unpaired) electrons. The van der Waals surface area contributed by atoms with Gasteiger partial charge in [0.2, 0.25) is 0 Å². The number of hydrogen-bond acceptors (Lipinski definition) is 2. The summed E-state index contributed by atoms with van der Waals surface area (Å²) in [5, 5.41) is 5.10. The summed E-state index contributed by atoms with van der Waals surface area (Å²) in [6, 6.07) is 43.6. The van der Waals surface area contributed by atoms with E-state index in [1.807, 2.05) is 0 Å². The van der Waals surface area contributed by atoms with Crippen LogP contribution in [0, 0.1) is 0 Å². The van der Waals surface area contributed by atoms with Gasteiger partial charge in [-0.1, -0.05) is 121 Å². The molecule has 0 atom stereocenters. The van der Waals surface area contributed by atoms with Gasteiger partial charge in [0.1, 0.15) is 0 Å². The van der Waals surface area contributed by atoms with Gasteiger partial charge >= 0.3 is 0 Å². The highest BCUT2D eigenvalue weighted by Crippen LogP contribution is 2.30. The third kappa shape index (κ3) is 6.39. The second kappa shape index (κ2) is 10.9. The summed E-state index contributed by atoms with van der Waals surface area (Å²) < 4.78 is 14.8. The second-order valence-electron chi connectivity index (χ2n) is 11.7. The van der Waals surface area contributed by atoms with Crippen LogP contribution in [0.1, 0.15) is 41.5 Å². The molecule has 192 valence electrons. The summed E-state index contributed by atoms with van der Waals surface area (Å²) in [5.74, 6) is 0. The minimum Gasteiger partial charge on any atom is -0.403 e. The quantitative estimate of drug-likeness (QED) is 0.276. The first-order valence-electron chi connectivity index (χ1n) is 13.2. The SMILES string of the molecule is CC(C)(C)O[Si](C[Si](OC(C)(C)C)(c1ccccc1)c1ccccc1)(c1ccccc1)c1ccccc1. The van der Waals surface area contributed by atoms with Crippen molar-refractivity contribution in [1.82, 2.24) is 0 Å². The van der Waals surface area contributed by atoms with Crippen molar-refractivity contribution in [1.29, 1.82) is 0 Å². The number of rotatable bonds is 8. The van der Waals surface area contributed by atoms with E-state index in [0.29, 0.717) is 0 Å². The van der Waals surface area contributed by atoms with Gasteiger partial charge in [0.25, 0.3) is 16.6 Å². The molecule has 0 fully saturated rings. The third-order valence-electron chi connectivity index (χ3n) is 6.42. The van der Waals surface area contributed by atoms with E-state index in [1.54, 1.807) is 0 Å². The van der Waals surface area contributed by atoms with Crippen molar-refractivity contribution in [2.75, 3.05) is 0 Å². The molecule has 0 N–H and O–H groups in total. The van der Waals surface area contributed by atoms with Gasteiger partial charge in [0.15, 0.2) is 0 Å². The Bertz CT molecular complexity index is 1070. The maximum Gasteiger partial charge on any atom is 0.256 e. The van der Waals surface area contributed by atoms with Crippen LogP contribution in [0.25, 0.3) is 0 Å². The summed E-state index contributed by atoms with van der Waals surface area (Å²) >= 11 is 0. The largest absolute Gasteiger partial charge is 0.403 e. The first-order valence-corrected chi connectivity index (χ1v) is 17.4. The van der Waals surface area contributed by atoms with E-state index in [9.17, 15) is 0 Å². The van der Waals surface area contributed by atoms with E-state index >= 15 is 0 Å². The Kier molecular flexibility index (Phi) is 8.05. The molecule has 0 unspecified atom stereocenters. The van der Waals surface area contributed by atoms with Crippen LogP contribution < -0.4 is 20.7 Å².